The van der Waals surface area contributed by atoms with Gasteiger partial charge in [-0.05, 0) is 12.1 Å². The van der Waals surface area contributed by atoms with Gasteiger partial charge in [0.1, 0.15) is 11.6 Å². The molecular formula is C13H8N4O3S. The maximum Gasteiger partial charge on any atom is 0.276 e. The lowest BCUT2D eigenvalue weighted by Crippen LogP contribution is -2.13. The van der Waals surface area contributed by atoms with Gasteiger partial charge in [-0.2, -0.15) is 5.26 Å². The van der Waals surface area contributed by atoms with Crippen LogP contribution in [0.15, 0.2) is 41.4 Å². The summed E-state index contributed by atoms with van der Waals surface area (Å²) in [6.07, 6.45) is 2.69. The Bertz CT molecular complexity index is 747. The first-order valence-electron chi connectivity index (χ1n) is 5.68. The SMILES string of the molecule is N#C/C(=C\c1ccccc1[N+](=O)[O-])C(=O)Nc1nccs1. The van der Waals surface area contributed by atoms with Crippen molar-refractivity contribution in [2.75, 3.05) is 5.32 Å². The van der Waals surface area contributed by atoms with Crippen molar-refractivity contribution < 1.29 is 9.72 Å². The fourth-order valence-corrected chi connectivity index (χ4v) is 2.05. The molecule has 7 nitrogen and oxygen atoms in total. The van der Waals surface area contributed by atoms with E-state index in [-0.39, 0.29) is 16.8 Å². The van der Waals surface area contributed by atoms with Crippen LogP contribution < -0.4 is 5.32 Å². The van der Waals surface area contributed by atoms with Gasteiger partial charge in [-0.15, -0.1) is 11.3 Å². The summed E-state index contributed by atoms with van der Waals surface area (Å²) < 4.78 is 0. The van der Waals surface area contributed by atoms with E-state index < -0.39 is 10.8 Å². The first-order chi connectivity index (χ1) is 10.1. The van der Waals surface area contributed by atoms with Crippen molar-refractivity contribution >= 4 is 34.1 Å². The summed E-state index contributed by atoms with van der Waals surface area (Å²) >= 11 is 1.21. The Hall–Kier alpha value is -3.05. The molecule has 2 aromatic rings. The molecule has 0 aliphatic heterocycles. The molecule has 8 heteroatoms. The minimum absolute atomic E-state index is 0.174. The lowest BCUT2D eigenvalue weighted by molar-refractivity contribution is -0.385. The van der Waals surface area contributed by atoms with Crippen molar-refractivity contribution in [3.05, 3.63) is 57.1 Å². The first kappa shape index (κ1) is 14.4. The van der Waals surface area contributed by atoms with E-state index >= 15 is 0 Å². The lowest BCUT2D eigenvalue weighted by atomic mass is 10.1. The highest BCUT2D eigenvalue weighted by Gasteiger charge is 2.15. The second-order valence-corrected chi connectivity index (χ2v) is 4.67. The highest BCUT2D eigenvalue weighted by Crippen LogP contribution is 2.21. The van der Waals surface area contributed by atoms with E-state index in [4.69, 9.17) is 5.26 Å². The Balaban J connectivity index is 2.31. The average Bonchev–Trinajstić information content (AvgIpc) is 2.97. The van der Waals surface area contributed by atoms with Gasteiger partial charge in [0.15, 0.2) is 5.13 Å². The van der Waals surface area contributed by atoms with Crippen LogP contribution >= 0.6 is 11.3 Å². The predicted octanol–water partition coefficient (Wildman–Crippen LogP) is 2.60. The normalized spacial score (nSPS) is 10.7. The highest BCUT2D eigenvalue weighted by molar-refractivity contribution is 7.13. The molecule has 1 aromatic carbocycles. The van der Waals surface area contributed by atoms with Crippen molar-refractivity contribution in [2.45, 2.75) is 0 Å². The van der Waals surface area contributed by atoms with E-state index in [1.54, 1.807) is 17.5 Å². The van der Waals surface area contributed by atoms with Crippen LogP contribution in [0.3, 0.4) is 0 Å². The molecule has 0 radical (unpaired) electrons. The predicted molar refractivity (Wildman–Crippen MR) is 77.4 cm³/mol. The van der Waals surface area contributed by atoms with Crippen molar-refractivity contribution in [1.29, 1.82) is 5.26 Å². The van der Waals surface area contributed by atoms with E-state index in [1.165, 1.54) is 41.8 Å². The summed E-state index contributed by atoms with van der Waals surface area (Å²) in [5, 5.41) is 24.4. The number of nitrogens with one attached hydrogen (secondary N) is 1. The van der Waals surface area contributed by atoms with Crippen LogP contribution in [0.5, 0.6) is 0 Å². The molecular weight excluding hydrogens is 292 g/mol. The molecule has 0 unspecified atom stereocenters. The molecule has 0 aliphatic carbocycles. The minimum Gasteiger partial charge on any atom is -0.297 e. The topological polar surface area (TPSA) is 109 Å². The molecule has 1 heterocycles. The second-order valence-electron chi connectivity index (χ2n) is 3.78. The third-order valence-electron chi connectivity index (χ3n) is 2.45. The molecule has 0 bridgehead atoms. The van der Waals surface area contributed by atoms with E-state index in [2.05, 4.69) is 10.3 Å². The zero-order chi connectivity index (χ0) is 15.2. The minimum atomic E-state index is -0.661. The van der Waals surface area contributed by atoms with Gasteiger partial charge in [0, 0.05) is 17.6 Å². The monoisotopic (exact) mass is 300 g/mol. The summed E-state index contributed by atoms with van der Waals surface area (Å²) in [6.45, 7) is 0. The number of carbonyl (C=O) groups is 1. The molecule has 1 amide bonds. The zero-order valence-electron chi connectivity index (χ0n) is 10.5. The largest absolute Gasteiger partial charge is 0.297 e. The van der Waals surface area contributed by atoms with Gasteiger partial charge < -0.3 is 0 Å². The van der Waals surface area contributed by atoms with Crippen LogP contribution in [-0.4, -0.2) is 15.8 Å². The summed E-state index contributed by atoms with van der Waals surface area (Å²) in [7, 11) is 0. The third-order valence-corrected chi connectivity index (χ3v) is 3.14. The number of nitro benzene ring substituents is 1. The summed E-state index contributed by atoms with van der Waals surface area (Å²) in [5.74, 6) is -0.661. The number of thiazole rings is 1. The van der Waals surface area contributed by atoms with E-state index in [1.807, 2.05) is 0 Å². The molecule has 21 heavy (non-hydrogen) atoms. The van der Waals surface area contributed by atoms with Crippen molar-refractivity contribution in [2.24, 2.45) is 0 Å². The number of hydrogen-bond donors (Lipinski definition) is 1. The van der Waals surface area contributed by atoms with E-state index in [0.717, 1.165) is 0 Å². The highest BCUT2D eigenvalue weighted by atomic mass is 32.1. The number of benzene rings is 1. The van der Waals surface area contributed by atoms with Crippen molar-refractivity contribution in [3.8, 4) is 6.07 Å². The zero-order valence-corrected chi connectivity index (χ0v) is 11.3. The molecule has 0 fully saturated rings. The molecule has 1 aromatic heterocycles. The molecule has 0 atom stereocenters. The first-order valence-corrected chi connectivity index (χ1v) is 6.56. The molecule has 104 valence electrons. The summed E-state index contributed by atoms with van der Waals surface area (Å²) in [5.41, 5.74) is -0.222. The Kier molecular flexibility index (Phi) is 4.38. The summed E-state index contributed by atoms with van der Waals surface area (Å²) in [4.78, 5) is 26.1. The Morgan fingerprint density at radius 1 is 1.48 bits per heavy atom. The van der Waals surface area contributed by atoms with Gasteiger partial charge in [-0.1, -0.05) is 12.1 Å². The van der Waals surface area contributed by atoms with Gasteiger partial charge in [0.25, 0.3) is 11.6 Å². The summed E-state index contributed by atoms with van der Waals surface area (Å²) in [6, 6.07) is 7.60. The van der Waals surface area contributed by atoms with Crippen LogP contribution in [0, 0.1) is 21.4 Å². The number of aromatic nitrogens is 1. The van der Waals surface area contributed by atoms with Crippen LogP contribution in [0.1, 0.15) is 5.56 Å². The van der Waals surface area contributed by atoms with Crippen LogP contribution in [0.2, 0.25) is 0 Å². The standard InChI is InChI=1S/C13H8N4O3S/c14-8-10(12(18)16-13-15-5-6-21-13)7-9-3-1-2-4-11(9)17(19)20/h1-7H,(H,15,16,18)/b10-7+. The Morgan fingerprint density at radius 3 is 2.86 bits per heavy atom. The molecule has 0 saturated carbocycles. The van der Waals surface area contributed by atoms with Gasteiger partial charge in [-0.25, -0.2) is 4.98 Å². The second kappa shape index (κ2) is 6.40. The molecule has 0 aliphatic rings. The fraction of sp³-hybridized carbons (Fsp3) is 0. The number of hydrogen-bond acceptors (Lipinski definition) is 6. The van der Waals surface area contributed by atoms with Gasteiger partial charge in [0.2, 0.25) is 0 Å². The maximum atomic E-state index is 11.9. The average molecular weight is 300 g/mol. The number of amides is 1. The van der Waals surface area contributed by atoms with Crippen molar-refractivity contribution in [3.63, 3.8) is 0 Å². The number of nitrogens with zero attached hydrogens (tertiary/aromatic N) is 3. The molecule has 1 N–H and O–H groups in total. The van der Waals surface area contributed by atoms with E-state index in [0.29, 0.717) is 5.13 Å². The Labute approximate surface area is 123 Å². The molecule has 0 spiro atoms. The number of carbonyl (C=O) groups excluding carboxylic acids is 1. The fourth-order valence-electron chi connectivity index (χ4n) is 1.53. The third kappa shape index (κ3) is 3.49. The molecule has 0 saturated heterocycles. The molecule has 2 rings (SSSR count). The smallest absolute Gasteiger partial charge is 0.276 e. The van der Waals surface area contributed by atoms with Crippen LogP contribution in [0.25, 0.3) is 6.08 Å². The van der Waals surface area contributed by atoms with Crippen LogP contribution in [0.4, 0.5) is 10.8 Å². The van der Waals surface area contributed by atoms with E-state index in [9.17, 15) is 14.9 Å². The van der Waals surface area contributed by atoms with Gasteiger partial charge in [-0.3, -0.25) is 20.2 Å². The number of rotatable bonds is 4. The maximum absolute atomic E-state index is 11.9. The van der Waals surface area contributed by atoms with Gasteiger partial charge >= 0.3 is 0 Å². The number of para-hydroxylation sites is 1. The number of anilines is 1. The lowest BCUT2D eigenvalue weighted by Gasteiger charge is -2.01. The van der Waals surface area contributed by atoms with Gasteiger partial charge in [0.05, 0.1) is 10.5 Å². The quantitative estimate of drug-likeness (QED) is 0.404. The van der Waals surface area contributed by atoms with Crippen molar-refractivity contribution in [1.82, 2.24) is 4.98 Å². The Morgan fingerprint density at radius 2 is 2.24 bits per heavy atom. The van der Waals surface area contributed by atoms with Crippen LogP contribution in [-0.2, 0) is 4.79 Å². The number of nitro groups is 1. The number of nitriles is 1.